The van der Waals surface area contributed by atoms with Crippen molar-refractivity contribution in [1.29, 1.82) is 0 Å². The quantitative estimate of drug-likeness (QED) is 0.678. The van der Waals surface area contributed by atoms with Gasteiger partial charge in [-0.25, -0.2) is 0 Å². The monoisotopic (exact) mass is 421 g/mol. The van der Waals surface area contributed by atoms with Crippen LogP contribution < -0.4 is 10.6 Å². The first kappa shape index (κ1) is 23.0. The van der Waals surface area contributed by atoms with E-state index in [2.05, 4.69) is 46.7 Å². The van der Waals surface area contributed by atoms with E-state index in [0.717, 1.165) is 38.0 Å². The second kappa shape index (κ2) is 11.1. The van der Waals surface area contributed by atoms with Crippen molar-refractivity contribution in [2.45, 2.75) is 58.7 Å². The maximum Gasteiger partial charge on any atom is 0.247 e. The fourth-order valence-corrected chi connectivity index (χ4v) is 4.13. The van der Waals surface area contributed by atoms with Crippen LogP contribution in [0.15, 0.2) is 54.6 Å². The van der Waals surface area contributed by atoms with Crippen LogP contribution in [0.4, 0.5) is 0 Å². The summed E-state index contributed by atoms with van der Waals surface area (Å²) in [4.78, 5) is 27.9. The van der Waals surface area contributed by atoms with E-state index in [-0.39, 0.29) is 23.8 Å². The zero-order chi connectivity index (χ0) is 22.2. The molecule has 2 amide bonds. The fourth-order valence-electron chi connectivity index (χ4n) is 4.13. The van der Waals surface area contributed by atoms with Crippen molar-refractivity contribution in [3.63, 3.8) is 0 Å². The molecular formula is C26H35N3O2. The van der Waals surface area contributed by atoms with Gasteiger partial charge >= 0.3 is 0 Å². The first-order valence-corrected chi connectivity index (χ1v) is 11.3. The van der Waals surface area contributed by atoms with E-state index in [1.165, 1.54) is 11.1 Å². The Morgan fingerprint density at radius 1 is 1.03 bits per heavy atom. The normalized spacial score (nSPS) is 16.1. The second-order valence-electron chi connectivity index (χ2n) is 9.06. The number of nitrogens with zero attached hydrogens (tertiary/aromatic N) is 1. The third-order valence-electron chi connectivity index (χ3n) is 5.72. The molecule has 1 aliphatic rings. The minimum absolute atomic E-state index is 0.0908. The number of piperidine rings is 1. The van der Waals surface area contributed by atoms with E-state index >= 15 is 0 Å². The van der Waals surface area contributed by atoms with Crippen LogP contribution in [0, 0.1) is 12.8 Å². The summed E-state index contributed by atoms with van der Waals surface area (Å²) in [6.45, 7) is 8.97. The van der Waals surface area contributed by atoms with Gasteiger partial charge in [0.15, 0.2) is 0 Å². The lowest BCUT2D eigenvalue weighted by Gasteiger charge is -2.33. The summed E-state index contributed by atoms with van der Waals surface area (Å²) in [5.41, 5.74) is 3.43. The van der Waals surface area contributed by atoms with Gasteiger partial charge in [-0.15, -0.1) is 0 Å². The molecule has 1 atom stereocenters. The number of nitrogens with one attached hydrogen (secondary N) is 2. The minimum Gasteiger partial charge on any atom is -0.351 e. The van der Waals surface area contributed by atoms with Gasteiger partial charge in [0, 0.05) is 32.1 Å². The van der Waals surface area contributed by atoms with Crippen LogP contribution in [0.1, 0.15) is 55.8 Å². The summed E-state index contributed by atoms with van der Waals surface area (Å²) in [5.74, 6) is 0.0321. The van der Waals surface area contributed by atoms with Crippen molar-refractivity contribution in [3.05, 3.63) is 71.3 Å². The maximum atomic E-state index is 13.1. The molecule has 5 nitrogen and oxygen atoms in total. The average Bonchev–Trinajstić information content (AvgIpc) is 2.73. The first-order valence-electron chi connectivity index (χ1n) is 11.3. The highest BCUT2D eigenvalue weighted by Crippen LogP contribution is 2.18. The van der Waals surface area contributed by atoms with Gasteiger partial charge in [0.1, 0.15) is 6.04 Å². The number of amides is 2. The molecule has 2 aromatic carbocycles. The largest absolute Gasteiger partial charge is 0.351 e. The lowest BCUT2D eigenvalue weighted by molar-refractivity contribution is -0.130. The van der Waals surface area contributed by atoms with Gasteiger partial charge in [0.25, 0.3) is 0 Å². The predicted octanol–water partition coefficient (Wildman–Crippen LogP) is 3.98. The van der Waals surface area contributed by atoms with Crippen LogP contribution in [0.5, 0.6) is 0 Å². The molecule has 1 unspecified atom stereocenters. The number of carbonyl (C=O) groups excluding carboxylic acids is 2. The van der Waals surface area contributed by atoms with Crippen molar-refractivity contribution in [2.75, 3.05) is 13.1 Å². The Kier molecular flexibility index (Phi) is 8.24. The van der Waals surface area contributed by atoms with Crippen LogP contribution in [0.2, 0.25) is 0 Å². The van der Waals surface area contributed by atoms with Crippen LogP contribution in [0.25, 0.3) is 0 Å². The van der Waals surface area contributed by atoms with Gasteiger partial charge in [-0.1, -0.05) is 74.0 Å². The second-order valence-corrected chi connectivity index (χ2v) is 9.06. The molecule has 1 heterocycles. The van der Waals surface area contributed by atoms with Gasteiger partial charge in [-0.3, -0.25) is 14.5 Å². The average molecular weight is 422 g/mol. The van der Waals surface area contributed by atoms with Crippen LogP contribution in [-0.4, -0.2) is 35.8 Å². The molecule has 0 bridgehead atoms. The molecule has 1 aliphatic heterocycles. The summed E-state index contributed by atoms with van der Waals surface area (Å²) in [7, 11) is 0. The van der Waals surface area contributed by atoms with Crippen LogP contribution >= 0.6 is 0 Å². The minimum atomic E-state index is -0.655. The third-order valence-corrected chi connectivity index (χ3v) is 5.72. The zero-order valence-corrected chi connectivity index (χ0v) is 18.9. The molecule has 0 radical (unpaired) electrons. The summed E-state index contributed by atoms with van der Waals surface area (Å²) < 4.78 is 0. The van der Waals surface area contributed by atoms with E-state index in [0.29, 0.717) is 6.42 Å². The molecule has 166 valence electrons. The van der Waals surface area contributed by atoms with E-state index in [1.807, 2.05) is 44.2 Å². The molecule has 3 rings (SSSR count). The summed E-state index contributed by atoms with van der Waals surface area (Å²) >= 11 is 0. The fraction of sp³-hybridized carbons (Fsp3) is 0.462. The Bertz CT molecular complexity index is 858. The summed E-state index contributed by atoms with van der Waals surface area (Å²) in [5, 5.41) is 6.13. The molecule has 0 saturated carbocycles. The van der Waals surface area contributed by atoms with E-state index < -0.39 is 6.04 Å². The van der Waals surface area contributed by atoms with Crippen molar-refractivity contribution >= 4 is 11.8 Å². The highest BCUT2D eigenvalue weighted by molar-refractivity contribution is 5.88. The Labute approximate surface area is 186 Å². The van der Waals surface area contributed by atoms with Gasteiger partial charge in [-0.05, 0) is 36.8 Å². The third kappa shape index (κ3) is 7.21. The Morgan fingerprint density at radius 2 is 1.74 bits per heavy atom. The van der Waals surface area contributed by atoms with Crippen LogP contribution in [0.3, 0.4) is 0 Å². The number of rotatable bonds is 8. The number of carbonyl (C=O) groups is 2. The molecule has 31 heavy (non-hydrogen) atoms. The van der Waals surface area contributed by atoms with Crippen molar-refractivity contribution in [3.8, 4) is 0 Å². The maximum absolute atomic E-state index is 13.1. The van der Waals surface area contributed by atoms with Gasteiger partial charge < -0.3 is 10.6 Å². The highest BCUT2D eigenvalue weighted by Gasteiger charge is 2.27. The molecule has 2 aromatic rings. The number of benzene rings is 2. The van der Waals surface area contributed by atoms with E-state index in [9.17, 15) is 9.59 Å². The number of likely N-dealkylation sites (tertiary alicyclic amines) is 1. The molecule has 0 spiro atoms. The van der Waals surface area contributed by atoms with E-state index in [4.69, 9.17) is 0 Å². The molecule has 5 heteroatoms. The lowest BCUT2D eigenvalue weighted by atomic mass is 10.0. The molecule has 1 fully saturated rings. The summed E-state index contributed by atoms with van der Waals surface area (Å²) in [6.07, 6.45) is 2.24. The molecule has 0 aliphatic carbocycles. The number of aryl methyl sites for hydroxylation is 1. The lowest BCUT2D eigenvalue weighted by Crippen LogP contribution is -2.48. The van der Waals surface area contributed by atoms with Crippen molar-refractivity contribution in [1.82, 2.24) is 15.5 Å². The first-order chi connectivity index (χ1) is 14.9. The van der Waals surface area contributed by atoms with Crippen molar-refractivity contribution in [2.24, 2.45) is 5.92 Å². The topological polar surface area (TPSA) is 61.4 Å². The molecule has 0 aromatic heterocycles. The number of hydrogen-bond acceptors (Lipinski definition) is 3. The van der Waals surface area contributed by atoms with E-state index in [1.54, 1.807) is 0 Å². The van der Waals surface area contributed by atoms with Gasteiger partial charge in [-0.2, -0.15) is 0 Å². The SMILES string of the molecule is Cc1cccc(CN2CCC(NC(=O)C(NC(=O)CC(C)C)c3ccccc3)CC2)c1. The highest BCUT2D eigenvalue weighted by atomic mass is 16.2. The van der Waals surface area contributed by atoms with Crippen molar-refractivity contribution < 1.29 is 9.59 Å². The molecule has 1 saturated heterocycles. The Balaban J connectivity index is 1.56. The standard InChI is InChI=1S/C26H35N3O2/c1-19(2)16-24(30)28-25(22-10-5-4-6-11-22)26(31)27-23-12-14-29(15-13-23)18-21-9-7-8-20(3)17-21/h4-11,17,19,23,25H,12-16,18H2,1-3H3,(H,27,31)(H,28,30). The number of hydrogen-bond donors (Lipinski definition) is 2. The van der Waals surface area contributed by atoms with Gasteiger partial charge in [0.2, 0.25) is 11.8 Å². The Hall–Kier alpha value is -2.66. The molecular weight excluding hydrogens is 386 g/mol. The zero-order valence-electron chi connectivity index (χ0n) is 18.9. The predicted molar refractivity (Wildman–Crippen MR) is 124 cm³/mol. The van der Waals surface area contributed by atoms with Crippen LogP contribution in [-0.2, 0) is 16.1 Å². The Morgan fingerprint density at radius 3 is 2.39 bits per heavy atom. The molecule has 2 N–H and O–H groups in total. The van der Waals surface area contributed by atoms with Gasteiger partial charge in [0.05, 0.1) is 0 Å². The summed E-state index contributed by atoms with van der Waals surface area (Å²) in [6, 6.07) is 17.6. The smallest absolute Gasteiger partial charge is 0.247 e.